The molecule has 0 aromatic carbocycles. The minimum absolute atomic E-state index is 0.0442. The molecule has 4 rings (SSSR count). The Morgan fingerprint density at radius 2 is 1.66 bits per heavy atom. The van der Waals surface area contributed by atoms with Crippen LogP contribution in [0.1, 0.15) is 21.7 Å². The van der Waals surface area contributed by atoms with E-state index in [4.69, 9.17) is 26.7 Å². The predicted molar refractivity (Wildman–Crippen MR) is 155 cm³/mol. The maximum Gasteiger partial charge on any atom is 0.343 e. The Morgan fingerprint density at radius 1 is 1.07 bits per heavy atom. The summed E-state index contributed by atoms with van der Waals surface area (Å²) in [5.41, 5.74) is 13.9. The SMILES string of the molecule is CNC(/N=N/c1c(C)nn(-c2cc(-n3nc(C)c(/N=N/c4c(C(=O)OC)cnn4C)c3N)ncn2)c1N)=C(\C=N)C(=O)CO. The quantitative estimate of drug-likeness (QED) is 0.0700. The monoisotopic (exact) mass is 604 g/mol. The van der Waals surface area contributed by atoms with E-state index in [-0.39, 0.29) is 57.4 Å². The molecule has 0 atom stereocenters. The number of carbonyl (C=O) groups is 2. The number of Topliss-reactive ketones (excluding diaryl/α,β-unsaturated/α-hetero) is 1. The number of esters is 1. The topological polar surface area (TPSA) is 280 Å². The number of anilines is 2. The summed E-state index contributed by atoms with van der Waals surface area (Å²) in [5, 5.41) is 48.6. The highest BCUT2D eigenvalue weighted by atomic mass is 16.5. The van der Waals surface area contributed by atoms with Gasteiger partial charge in [-0.25, -0.2) is 19.4 Å². The van der Waals surface area contributed by atoms with Crippen LogP contribution in [-0.2, 0) is 16.6 Å². The van der Waals surface area contributed by atoms with Crippen molar-refractivity contribution in [2.45, 2.75) is 13.8 Å². The Kier molecular flexibility index (Phi) is 8.93. The van der Waals surface area contributed by atoms with Gasteiger partial charge in [0.1, 0.15) is 18.5 Å². The lowest BCUT2D eigenvalue weighted by Crippen LogP contribution is -2.16. The van der Waals surface area contributed by atoms with Gasteiger partial charge in [-0.3, -0.25) is 4.79 Å². The Bertz CT molecular complexity index is 1840. The lowest BCUT2D eigenvalue weighted by atomic mass is 10.2. The minimum atomic E-state index is -0.800. The summed E-state index contributed by atoms with van der Waals surface area (Å²) in [5.74, 6) is -0.555. The van der Waals surface area contributed by atoms with Gasteiger partial charge in [0.05, 0.1) is 30.3 Å². The number of methoxy groups -OCH3 is 1. The smallest absolute Gasteiger partial charge is 0.343 e. The molecule has 0 saturated heterocycles. The summed E-state index contributed by atoms with van der Waals surface area (Å²) in [6.07, 6.45) is 3.34. The van der Waals surface area contributed by atoms with Crippen molar-refractivity contribution >= 4 is 46.8 Å². The molecule has 0 aliphatic heterocycles. The van der Waals surface area contributed by atoms with E-state index >= 15 is 0 Å². The fourth-order valence-electron chi connectivity index (χ4n) is 3.84. The number of rotatable bonds is 11. The van der Waals surface area contributed by atoms with Crippen LogP contribution in [-0.4, -0.2) is 83.1 Å². The van der Waals surface area contributed by atoms with Crippen molar-refractivity contribution in [2.75, 3.05) is 32.2 Å². The summed E-state index contributed by atoms with van der Waals surface area (Å²) in [7, 11) is 4.33. The highest BCUT2D eigenvalue weighted by molar-refractivity contribution is 6.13. The average molecular weight is 605 g/mol. The van der Waals surface area contributed by atoms with Crippen LogP contribution in [0, 0.1) is 19.3 Å². The van der Waals surface area contributed by atoms with Gasteiger partial charge in [-0.1, -0.05) is 0 Å². The molecule has 20 nitrogen and oxygen atoms in total. The van der Waals surface area contributed by atoms with Crippen LogP contribution < -0.4 is 16.8 Å². The molecular formula is C24H28N16O4. The van der Waals surface area contributed by atoms with E-state index in [0.717, 1.165) is 6.21 Å². The van der Waals surface area contributed by atoms with Gasteiger partial charge in [0.2, 0.25) is 0 Å². The zero-order valence-electron chi connectivity index (χ0n) is 24.2. The number of aromatic nitrogens is 8. The maximum atomic E-state index is 12.0. The lowest BCUT2D eigenvalue weighted by molar-refractivity contribution is -0.117. The number of nitrogens with one attached hydrogen (secondary N) is 2. The van der Waals surface area contributed by atoms with Crippen molar-refractivity contribution in [3.05, 3.63) is 46.9 Å². The van der Waals surface area contributed by atoms with Crippen molar-refractivity contribution in [1.29, 1.82) is 5.41 Å². The Hall–Kier alpha value is -6.18. The minimum Gasteiger partial charge on any atom is -0.465 e. The van der Waals surface area contributed by atoms with Gasteiger partial charge >= 0.3 is 5.97 Å². The number of hydrogen-bond donors (Lipinski definition) is 5. The van der Waals surface area contributed by atoms with Crippen LogP contribution in [0.4, 0.5) is 28.8 Å². The van der Waals surface area contributed by atoms with E-state index in [1.807, 2.05) is 0 Å². The van der Waals surface area contributed by atoms with Crippen LogP contribution in [0.2, 0.25) is 0 Å². The summed E-state index contributed by atoms with van der Waals surface area (Å²) in [6.45, 7) is 2.51. The Balaban J connectivity index is 1.69. The summed E-state index contributed by atoms with van der Waals surface area (Å²) in [6, 6.07) is 1.52. The van der Waals surface area contributed by atoms with Gasteiger partial charge in [-0.15, -0.1) is 20.5 Å². The molecule has 7 N–H and O–H groups in total. The molecule has 20 heteroatoms. The molecule has 4 heterocycles. The van der Waals surface area contributed by atoms with Crippen LogP contribution >= 0.6 is 0 Å². The molecule has 0 bridgehead atoms. The fraction of sp³-hybridized carbons (Fsp3) is 0.250. The van der Waals surface area contributed by atoms with Crippen LogP contribution in [0.3, 0.4) is 0 Å². The van der Waals surface area contributed by atoms with Crippen molar-refractivity contribution in [2.24, 2.45) is 27.5 Å². The first-order valence-corrected chi connectivity index (χ1v) is 12.6. The summed E-state index contributed by atoms with van der Waals surface area (Å²) in [4.78, 5) is 32.5. The van der Waals surface area contributed by atoms with Crippen molar-refractivity contribution in [3.63, 3.8) is 0 Å². The summed E-state index contributed by atoms with van der Waals surface area (Å²) < 4.78 is 8.76. The number of aliphatic hydroxyl groups excluding tert-OH is 1. The van der Waals surface area contributed by atoms with E-state index < -0.39 is 18.4 Å². The fourth-order valence-corrected chi connectivity index (χ4v) is 3.84. The first kappa shape index (κ1) is 30.8. The van der Waals surface area contributed by atoms with Crippen LogP contribution in [0.5, 0.6) is 0 Å². The molecule has 0 unspecified atom stereocenters. The second-order valence-corrected chi connectivity index (χ2v) is 8.83. The number of aliphatic hydroxyl groups is 1. The van der Waals surface area contributed by atoms with Gasteiger partial charge in [-0.05, 0) is 13.8 Å². The number of ether oxygens (including phenoxy) is 1. The third kappa shape index (κ3) is 5.76. The average Bonchev–Trinajstić information content (AvgIpc) is 3.64. The van der Waals surface area contributed by atoms with E-state index in [1.165, 1.54) is 46.8 Å². The molecule has 4 aromatic rings. The lowest BCUT2D eigenvalue weighted by Gasteiger charge is -2.07. The number of ketones is 1. The van der Waals surface area contributed by atoms with E-state index in [2.05, 4.69) is 51.0 Å². The van der Waals surface area contributed by atoms with Gasteiger partial charge in [0, 0.05) is 26.4 Å². The van der Waals surface area contributed by atoms with E-state index in [1.54, 1.807) is 20.9 Å². The number of nitrogens with two attached hydrogens (primary N) is 2. The van der Waals surface area contributed by atoms with Crippen LogP contribution in [0.15, 0.2) is 50.4 Å². The molecule has 44 heavy (non-hydrogen) atoms. The van der Waals surface area contributed by atoms with Crippen molar-refractivity contribution in [3.8, 4) is 11.6 Å². The molecule has 0 spiro atoms. The van der Waals surface area contributed by atoms with Gasteiger partial charge < -0.3 is 32.0 Å². The molecule has 0 amide bonds. The second-order valence-electron chi connectivity index (χ2n) is 8.83. The molecule has 0 aliphatic carbocycles. The largest absolute Gasteiger partial charge is 0.465 e. The first-order chi connectivity index (χ1) is 21.1. The molecule has 0 fully saturated rings. The number of carbonyl (C=O) groups excluding carboxylic acids is 2. The van der Waals surface area contributed by atoms with E-state index in [9.17, 15) is 9.59 Å². The molecule has 4 aromatic heterocycles. The molecule has 0 aliphatic rings. The van der Waals surface area contributed by atoms with Crippen molar-refractivity contribution in [1.82, 2.24) is 44.6 Å². The zero-order chi connectivity index (χ0) is 32.1. The van der Waals surface area contributed by atoms with Crippen molar-refractivity contribution < 1.29 is 19.4 Å². The van der Waals surface area contributed by atoms with Gasteiger partial charge in [0.15, 0.2) is 52.1 Å². The highest BCUT2D eigenvalue weighted by Crippen LogP contribution is 2.32. The number of nitrogens with zero attached hydrogens (tertiary/aromatic N) is 12. The molecule has 0 saturated carbocycles. The standard InChI is InChI=1S/C24H28N16O4/c1-11-18(32-34-22(28-3)13(7-25)15(42)9-41)20(26)39(36-11)16-6-17(30-10-29-16)40-21(27)19(12(2)37-40)33-35-23-14(24(43)44-5)8-31-38(23)4/h6-8,10,25,28,41H,9,26-27H2,1-5H3/b22-13-,25-7?,34-32+,35-33+. The number of hydrogen-bond acceptors (Lipinski definition) is 17. The van der Waals surface area contributed by atoms with Crippen LogP contribution in [0.25, 0.3) is 11.6 Å². The molecule has 228 valence electrons. The van der Waals surface area contributed by atoms with Gasteiger partial charge in [0.25, 0.3) is 0 Å². The normalized spacial score (nSPS) is 12.1. The van der Waals surface area contributed by atoms with Gasteiger partial charge in [-0.2, -0.15) is 24.7 Å². The summed E-state index contributed by atoms with van der Waals surface area (Å²) >= 11 is 0. The highest BCUT2D eigenvalue weighted by Gasteiger charge is 2.21. The Labute approximate surface area is 248 Å². The zero-order valence-corrected chi connectivity index (χ0v) is 24.2. The third-order valence-corrected chi connectivity index (χ3v) is 6.09. The number of aryl methyl sites for hydroxylation is 3. The maximum absolute atomic E-state index is 12.0. The third-order valence-electron chi connectivity index (χ3n) is 6.09. The number of nitrogen functional groups attached to an aromatic ring is 2. The Morgan fingerprint density at radius 3 is 2.18 bits per heavy atom. The predicted octanol–water partition coefficient (Wildman–Crippen LogP) is 1.29. The first-order valence-electron chi connectivity index (χ1n) is 12.6. The molecular weight excluding hydrogens is 576 g/mol. The second kappa shape index (κ2) is 12.8. The molecule has 0 radical (unpaired) electrons. The number of azo groups is 2. The van der Waals surface area contributed by atoms with E-state index in [0.29, 0.717) is 11.4 Å².